The molecule has 0 spiro atoms. The fourth-order valence-electron chi connectivity index (χ4n) is 2.77. The molecular weight excluding hydrogens is 405 g/mol. The predicted octanol–water partition coefficient (Wildman–Crippen LogP) is 3.98. The molecule has 0 saturated carbocycles. The molecule has 1 saturated heterocycles. The minimum Gasteiger partial charge on any atom is -0.447 e. The number of nitrogens with zero attached hydrogens (tertiary/aromatic N) is 1. The van der Waals surface area contributed by atoms with Gasteiger partial charge in [0, 0.05) is 10.3 Å². The van der Waals surface area contributed by atoms with Crippen molar-refractivity contribution >= 4 is 34.6 Å². The number of carbonyl (C=O) groups is 2. The molecule has 124 valence electrons. The average molecular weight is 427 g/mol. The second-order valence-corrected chi connectivity index (χ2v) is 6.58. The van der Waals surface area contributed by atoms with E-state index in [-0.39, 0.29) is 24.5 Å². The maximum Gasteiger partial charge on any atom is 0.416 e. The van der Waals surface area contributed by atoms with Crippen LogP contribution in [0.15, 0.2) is 42.5 Å². The Morgan fingerprint density at radius 2 is 2.13 bits per heavy atom. The van der Waals surface area contributed by atoms with Crippen LogP contribution in [-0.4, -0.2) is 34.0 Å². The highest BCUT2D eigenvalue weighted by atomic mass is 127. The summed E-state index contributed by atoms with van der Waals surface area (Å²) in [6.45, 7) is 6.22. The monoisotopic (exact) mass is 427 g/mol. The minimum atomic E-state index is -0.519. The molecule has 1 aromatic carbocycles. The van der Waals surface area contributed by atoms with Gasteiger partial charge in [-0.15, -0.1) is 0 Å². The van der Waals surface area contributed by atoms with Gasteiger partial charge in [-0.05, 0) is 24.8 Å². The number of alkyl halides is 1. The number of hydrogen-bond donors (Lipinski definition) is 0. The number of amides is 2. The molecule has 0 N–H and O–H groups in total. The molecule has 1 aromatic rings. The maximum atomic E-state index is 12.8. The molecule has 0 aliphatic carbocycles. The lowest BCUT2D eigenvalue weighted by atomic mass is 9.95. The summed E-state index contributed by atoms with van der Waals surface area (Å²) in [5.41, 5.74) is 2.12. The quantitative estimate of drug-likeness (QED) is 0.376. The number of hydrogen-bond acceptors (Lipinski definition) is 3. The number of allylic oxidation sites excluding steroid dienone is 1. The smallest absolute Gasteiger partial charge is 0.416 e. The molecule has 2 atom stereocenters. The van der Waals surface area contributed by atoms with Crippen LogP contribution in [0.3, 0.4) is 0 Å². The van der Waals surface area contributed by atoms with Crippen molar-refractivity contribution in [2.75, 3.05) is 11.0 Å². The van der Waals surface area contributed by atoms with Gasteiger partial charge < -0.3 is 4.74 Å². The van der Waals surface area contributed by atoms with Crippen LogP contribution in [0.25, 0.3) is 0 Å². The lowest BCUT2D eigenvalue weighted by Crippen LogP contribution is -2.43. The van der Waals surface area contributed by atoms with Crippen LogP contribution in [-0.2, 0) is 16.0 Å². The molecule has 0 radical (unpaired) electrons. The molecule has 0 aromatic heterocycles. The van der Waals surface area contributed by atoms with Crippen LogP contribution >= 0.6 is 22.6 Å². The van der Waals surface area contributed by atoms with Gasteiger partial charge >= 0.3 is 6.09 Å². The van der Waals surface area contributed by atoms with Crippen LogP contribution in [0, 0.1) is 5.92 Å². The zero-order chi connectivity index (χ0) is 16.8. The van der Waals surface area contributed by atoms with Crippen LogP contribution in [0.2, 0.25) is 0 Å². The highest BCUT2D eigenvalue weighted by Gasteiger charge is 2.40. The molecule has 0 unspecified atom stereocenters. The third-order valence-electron chi connectivity index (χ3n) is 4.08. The van der Waals surface area contributed by atoms with E-state index in [9.17, 15) is 9.59 Å². The number of benzene rings is 1. The third kappa shape index (κ3) is 4.56. The summed E-state index contributed by atoms with van der Waals surface area (Å²) in [4.78, 5) is 26.2. The van der Waals surface area contributed by atoms with Crippen LogP contribution in [0.5, 0.6) is 0 Å². The maximum absolute atomic E-state index is 12.8. The largest absolute Gasteiger partial charge is 0.447 e. The minimum absolute atomic E-state index is 0.137. The third-order valence-corrected chi connectivity index (χ3v) is 5.16. The van der Waals surface area contributed by atoms with E-state index >= 15 is 0 Å². The SMILES string of the molecule is C=C(CI)C[C@@H](CC)C(=O)N1C(=O)OC[C@@H]1Cc1ccccc1. The summed E-state index contributed by atoms with van der Waals surface area (Å²) in [5.74, 6) is -0.344. The number of imide groups is 1. The van der Waals surface area contributed by atoms with Gasteiger partial charge in [-0.3, -0.25) is 4.79 Å². The van der Waals surface area contributed by atoms with Gasteiger partial charge in [-0.1, -0.05) is 72.0 Å². The highest BCUT2D eigenvalue weighted by molar-refractivity contribution is 14.1. The van der Waals surface area contributed by atoms with Gasteiger partial charge in [0.25, 0.3) is 0 Å². The molecule has 1 fully saturated rings. The molecule has 1 aliphatic rings. The Labute approximate surface area is 151 Å². The first-order valence-corrected chi connectivity index (χ1v) is 9.35. The van der Waals surface area contributed by atoms with Crippen molar-refractivity contribution in [3.8, 4) is 0 Å². The van der Waals surface area contributed by atoms with Crippen LogP contribution in [0.1, 0.15) is 25.3 Å². The van der Waals surface area contributed by atoms with E-state index in [0.717, 1.165) is 15.6 Å². The van der Waals surface area contributed by atoms with Gasteiger partial charge in [0.05, 0.1) is 6.04 Å². The molecule has 5 heteroatoms. The van der Waals surface area contributed by atoms with Crippen molar-refractivity contribution < 1.29 is 14.3 Å². The van der Waals surface area contributed by atoms with E-state index in [1.807, 2.05) is 37.3 Å². The van der Waals surface area contributed by atoms with E-state index in [0.29, 0.717) is 19.3 Å². The fraction of sp³-hybridized carbons (Fsp3) is 0.444. The summed E-state index contributed by atoms with van der Waals surface area (Å²) in [7, 11) is 0. The van der Waals surface area contributed by atoms with Crippen molar-refractivity contribution in [1.29, 1.82) is 0 Å². The van der Waals surface area contributed by atoms with Crippen molar-refractivity contribution in [1.82, 2.24) is 4.90 Å². The zero-order valence-electron chi connectivity index (χ0n) is 13.3. The summed E-state index contributed by atoms with van der Waals surface area (Å²) >= 11 is 2.24. The lowest BCUT2D eigenvalue weighted by Gasteiger charge is -2.24. The molecule has 4 nitrogen and oxygen atoms in total. The zero-order valence-corrected chi connectivity index (χ0v) is 15.5. The lowest BCUT2D eigenvalue weighted by molar-refractivity contribution is -0.133. The van der Waals surface area contributed by atoms with Crippen molar-refractivity contribution in [3.05, 3.63) is 48.0 Å². The summed E-state index contributed by atoms with van der Waals surface area (Å²) in [6.07, 6.45) is 1.42. The number of cyclic esters (lactones) is 1. The Balaban J connectivity index is 2.11. The number of rotatable bonds is 7. The Morgan fingerprint density at radius 1 is 1.43 bits per heavy atom. The van der Waals surface area contributed by atoms with Crippen molar-refractivity contribution in [3.63, 3.8) is 0 Å². The molecule has 1 aliphatic heterocycles. The molecule has 1 heterocycles. The van der Waals surface area contributed by atoms with Crippen LogP contribution in [0.4, 0.5) is 4.79 Å². The molecular formula is C18H22INO3. The van der Waals surface area contributed by atoms with E-state index in [1.54, 1.807) is 0 Å². The van der Waals surface area contributed by atoms with Gasteiger partial charge in [0.1, 0.15) is 6.61 Å². The van der Waals surface area contributed by atoms with E-state index in [2.05, 4.69) is 29.2 Å². The summed E-state index contributed by atoms with van der Waals surface area (Å²) < 4.78 is 5.96. The number of ether oxygens (including phenoxy) is 1. The highest BCUT2D eigenvalue weighted by Crippen LogP contribution is 2.24. The average Bonchev–Trinajstić information content (AvgIpc) is 2.93. The van der Waals surface area contributed by atoms with Gasteiger partial charge in [-0.2, -0.15) is 0 Å². The fourth-order valence-corrected chi connectivity index (χ4v) is 3.08. The Hall–Kier alpha value is -1.37. The molecule has 2 amide bonds. The normalized spacial score (nSPS) is 18.6. The molecule has 23 heavy (non-hydrogen) atoms. The topological polar surface area (TPSA) is 46.6 Å². The van der Waals surface area contributed by atoms with Crippen molar-refractivity contribution in [2.45, 2.75) is 32.2 Å². The van der Waals surface area contributed by atoms with Crippen LogP contribution < -0.4 is 0 Å². The summed E-state index contributed by atoms with van der Waals surface area (Å²) in [6, 6.07) is 9.64. The summed E-state index contributed by atoms with van der Waals surface area (Å²) in [5, 5.41) is 0. The first-order valence-electron chi connectivity index (χ1n) is 7.83. The first kappa shape index (κ1) is 18.0. The standard InChI is InChI=1S/C18H22INO3/c1-3-15(9-13(2)11-19)17(21)20-16(12-23-18(20)22)10-14-7-5-4-6-8-14/h4-8,15-16H,2-3,9-12H2,1H3/t15-,16+/m1/s1. The first-order chi connectivity index (χ1) is 11.1. The predicted molar refractivity (Wildman–Crippen MR) is 98.6 cm³/mol. The second-order valence-electron chi connectivity index (χ2n) is 5.82. The number of halogens is 1. The van der Waals surface area contributed by atoms with Gasteiger partial charge in [0.15, 0.2) is 0 Å². The second kappa shape index (κ2) is 8.47. The molecule has 0 bridgehead atoms. The van der Waals surface area contributed by atoms with Gasteiger partial charge in [0.2, 0.25) is 5.91 Å². The Morgan fingerprint density at radius 3 is 2.74 bits per heavy atom. The Kier molecular flexibility index (Phi) is 6.62. The Bertz CT molecular complexity index is 573. The number of carbonyl (C=O) groups excluding carboxylic acids is 2. The molecule has 2 rings (SSSR count). The van der Waals surface area contributed by atoms with Gasteiger partial charge in [-0.25, -0.2) is 9.69 Å². The van der Waals surface area contributed by atoms with Crippen molar-refractivity contribution in [2.24, 2.45) is 5.92 Å². The van der Waals surface area contributed by atoms with E-state index in [1.165, 1.54) is 4.90 Å². The van der Waals surface area contributed by atoms with E-state index in [4.69, 9.17) is 4.74 Å². The van der Waals surface area contributed by atoms with E-state index < -0.39 is 6.09 Å².